The minimum atomic E-state index is -0.554. The molecule has 0 fully saturated rings. The molecule has 4 aromatic rings. The van der Waals surface area contributed by atoms with Crippen LogP contribution in [0, 0.1) is 11.3 Å². The topological polar surface area (TPSA) is 135 Å². The Morgan fingerprint density at radius 1 is 1.26 bits per heavy atom. The second-order valence-electron chi connectivity index (χ2n) is 7.71. The highest BCUT2D eigenvalue weighted by atomic mass is 32.1. The highest BCUT2D eigenvalue weighted by Gasteiger charge is 2.14. The molecular formula is C23H21N7O3S2. The molecular weight excluding hydrogens is 486 g/mol. The molecule has 0 spiro atoms. The average Bonchev–Trinajstić information content (AvgIpc) is 3.49. The molecule has 0 saturated carbocycles. The first-order valence-electron chi connectivity index (χ1n) is 10.7. The van der Waals surface area contributed by atoms with Gasteiger partial charge in [0.05, 0.1) is 5.69 Å². The van der Waals surface area contributed by atoms with E-state index in [2.05, 4.69) is 25.6 Å². The third-order valence-corrected chi connectivity index (χ3v) is 6.93. The van der Waals surface area contributed by atoms with E-state index in [4.69, 9.17) is 4.74 Å². The van der Waals surface area contributed by atoms with E-state index in [0.717, 1.165) is 16.4 Å². The second kappa shape index (κ2) is 10.5. The van der Waals surface area contributed by atoms with Crippen LogP contribution in [0.25, 0.3) is 11.0 Å². The number of carbonyl (C=O) groups excluding carboxylic acids is 1. The van der Waals surface area contributed by atoms with Gasteiger partial charge in [-0.1, -0.05) is 55.6 Å². The number of hydrogen-bond acceptors (Lipinski definition) is 10. The van der Waals surface area contributed by atoms with Crippen LogP contribution in [0.2, 0.25) is 0 Å². The van der Waals surface area contributed by atoms with Crippen molar-refractivity contribution >= 4 is 44.7 Å². The molecule has 0 atom stereocenters. The lowest BCUT2D eigenvalue weighted by Crippen LogP contribution is -2.16. The lowest BCUT2D eigenvalue weighted by Gasteiger charge is -2.06. The van der Waals surface area contributed by atoms with Crippen LogP contribution in [-0.2, 0) is 17.8 Å². The fourth-order valence-electron chi connectivity index (χ4n) is 2.93. The summed E-state index contributed by atoms with van der Waals surface area (Å²) in [4.78, 5) is 29.7. The van der Waals surface area contributed by atoms with Crippen LogP contribution in [0.5, 0.6) is 5.75 Å². The number of nitrogens with one attached hydrogen (secondary N) is 1. The Kier molecular flexibility index (Phi) is 7.28. The van der Waals surface area contributed by atoms with Crippen molar-refractivity contribution < 1.29 is 9.53 Å². The standard InChI is InChI=1S/C23H21N7O3S2/c1-4-18-29-30-19(31)10-16(25-23(30)34-18)12-33-17-7-5-14(6-8-17)9-15(11-24)20(32)26-22-28-27-21(35-22)13(2)3/h5-10,13H,4,12H2,1-3H3,(H,26,28,32). The number of amides is 1. The normalized spacial score (nSPS) is 11.6. The van der Waals surface area contributed by atoms with Crippen LogP contribution < -0.4 is 15.6 Å². The van der Waals surface area contributed by atoms with Crippen molar-refractivity contribution in [3.63, 3.8) is 0 Å². The molecule has 12 heteroatoms. The molecule has 4 rings (SSSR count). The van der Waals surface area contributed by atoms with Gasteiger partial charge in [-0.05, 0) is 30.2 Å². The fourth-order valence-corrected chi connectivity index (χ4v) is 4.53. The summed E-state index contributed by atoms with van der Waals surface area (Å²) < 4.78 is 7.06. The van der Waals surface area contributed by atoms with Gasteiger partial charge in [-0.25, -0.2) is 4.98 Å². The SMILES string of the molecule is CCc1nn2c(=O)cc(COc3ccc(C=C(C#N)C(=O)Nc4nnc(C(C)C)s4)cc3)nc2s1. The van der Waals surface area contributed by atoms with Gasteiger partial charge >= 0.3 is 0 Å². The smallest absolute Gasteiger partial charge is 0.275 e. The van der Waals surface area contributed by atoms with E-state index in [1.54, 1.807) is 24.3 Å². The van der Waals surface area contributed by atoms with Gasteiger partial charge in [0, 0.05) is 12.0 Å². The Bertz CT molecular complexity index is 1490. The Balaban J connectivity index is 1.41. The average molecular weight is 508 g/mol. The zero-order valence-electron chi connectivity index (χ0n) is 19.2. The first-order chi connectivity index (χ1) is 16.9. The van der Waals surface area contributed by atoms with Crippen molar-refractivity contribution in [1.29, 1.82) is 5.26 Å². The summed E-state index contributed by atoms with van der Waals surface area (Å²) in [6.45, 7) is 6.06. The molecule has 35 heavy (non-hydrogen) atoms. The molecule has 0 radical (unpaired) electrons. The number of aromatic nitrogens is 5. The maximum atomic E-state index is 12.5. The number of fused-ring (bicyclic) bond motifs is 1. The van der Waals surface area contributed by atoms with Gasteiger partial charge in [-0.15, -0.1) is 10.2 Å². The molecule has 0 saturated heterocycles. The Morgan fingerprint density at radius 3 is 2.69 bits per heavy atom. The lowest BCUT2D eigenvalue weighted by molar-refractivity contribution is -0.112. The van der Waals surface area contributed by atoms with Crippen molar-refractivity contribution in [1.82, 2.24) is 24.8 Å². The second-order valence-corrected chi connectivity index (χ2v) is 9.76. The minimum absolute atomic E-state index is 0.0612. The number of nitriles is 1. The van der Waals surface area contributed by atoms with Gasteiger partial charge in [0.1, 0.15) is 34.0 Å². The third kappa shape index (κ3) is 5.76. The van der Waals surface area contributed by atoms with E-state index >= 15 is 0 Å². The van der Waals surface area contributed by atoms with Crippen LogP contribution in [-0.4, -0.2) is 30.7 Å². The summed E-state index contributed by atoms with van der Waals surface area (Å²) in [6.07, 6.45) is 2.21. The zero-order chi connectivity index (χ0) is 24.9. The summed E-state index contributed by atoms with van der Waals surface area (Å²) in [6, 6.07) is 10.2. The largest absolute Gasteiger partial charge is 0.487 e. The molecule has 178 valence electrons. The molecule has 0 unspecified atom stereocenters. The van der Waals surface area contributed by atoms with E-state index < -0.39 is 5.91 Å². The number of aryl methyl sites for hydroxylation is 1. The lowest BCUT2D eigenvalue weighted by atomic mass is 10.1. The van der Waals surface area contributed by atoms with Crippen molar-refractivity contribution in [2.45, 2.75) is 39.7 Å². The van der Waals surface area contributed by atoms with E-state index in [1.165, 1.54) is 39.3 Å². The predicted molar refractivity (Wildman–Crippen MR) is 134 cm³/mol. The Morgan fingerprint density at radius 2 is 2.03 bits per heavy atom. The fraction of sp³-hybridized carbons (Fsp3) is 0.261. The van der Waals surface area contributed by atoms with Gasteiger partial charge in [-0.3, -0.25) is 14.9 Å². The summed E-state index contributed by atoms with van der Waals surface area (Å²) in [5, 5.41) is 26.2. The van der Waals surface area contributed by atoms with Crippen molar-refractivity contribution in [2.75, 3.05) is 5.32 Å². The Hall–Kier alpha value is -3.95. The molecule has 0 aliphatic rings. The molecule has 0 aliphatic carbocycles. The minimum Gasteiger partial charge on any atom is -0.487 e. The molecule has 3 aromatic heterocycles. The van der Waals surface area contributed by atoms with Crippen LogP contribution >= 0.6 is 22.7 Å². The summed E-state index contributed by atoms with van der Waals surface area (Å²) in [5.41, 5.74) is 0.847. The van der Waals surface area contributed by atoms with Gasteiger partial charge in [0.2, 0.25) is 10.1 Å². The number of rotatable bonds is 8. The molecule has 3 heterocycles. The molecule has 1 amide bonds. The number of benzene rings is 1. The summed E-state index contributed by atoms with van der Waals surface area (Å²) >= 11 is 2.65. The van der Waals surface area contributed by atoms with Crippen molar-refractivity contribution in [2.24, 2.45) is 0 Å². The molecule has 1 N–H and O–H groups in total. The highest BCUT2D eigenvalue weighted by molar-refractivity contribution is 7.16. The number of anilines is 1. The number of nitrogens with zero attached hydrogens (tertiary/aromatic N) is 6. The van der Waals surface area contributed by atoms with Gasteiger partial charge in [0.15, 0.2) is 0 Å². The highest BCUT2D eigenvalue weighted by Crippen LogP contribution is 2.23. The van der Waals surface area contributed by atoms with E-state index in [-0.39, 0.29) is 23.7 Å². The number of hydrogen-bond donors (Lipinski definition) is 1. The monoisotopic (exact) mass is 507 g/mol. The molecule has 0 bridgehead atoms. The van der Waals surface area contributed by atoms with Crippen LogP contribution in [0.15, 0.2) is 40.7 Å². The van der Waals surface area contributed by atoms with Crippen LogP contribution in [0.3, 0.4) is 0 Å². The predicted octanol–water partition coefficient (Wildman–Crippen LogP) is 3.81. The van der Waals surface area contributed by atoms with Crippen molar-refractivity contribution in [3.8, 4) is 11.8 Å². The van der Waals surface area contributed by atoms with E-state index in [1.807, 2.05) is 26.8 Å². The van der Waals surface area contributed by atoms with Crippen LogP contribution in [0.1, 0.15) is 48.0 Å². The molecule has 0 aliphatic heterocycles. The van der Waals surface area contributed by atoms with Crippen molar-refractivity contribution in [3.05, 3.63) is 67.5 Å². The third-order valence-electron chi connectivity index (χ3n) is 4.74. The molecule has 10 nitrogen and oxygen atoms in total. The first kappa shape index (κ1) is 24.2. The van der Waals surface area contributed by atoms with Gasteiger partial charge < -0.3 is 4.74 Å². The quantitative estimate of drug-likeness (QED) is 0.281. The molecule has 1 aromatic carbocycles. The van der Waals surface area contributed by atoms with Gasteiger partial charge in [0.25, 0.3) is 11.5 Å². The number of carbonyl (C=O) groups is 1. The first-order valence-corrected chi connectivity index (χ1v) is 12.4. The maximum Gasteiger partial charge on any atom is 0.275 e. The number of ether oxygens (including phenoxy) is 1. The summed E-state index contributed by atoms with van der Waals surface area (Å²) in [7, 11) is 0. The van der Waals surface area contributed by atoms with Crippen LogP contribution in [0.4, 0.5) is 5.13 Å². The Labute approximate surface area is 208 Å². The van der Waals surface area contributed by atoms with E-state index in [0.29, 0.717) is 27.1 Å². The maximum absolute atomic E-state index is 12.5. The zero-order valence-corrected chi connectivity index (χ0v) is 20.8. The summed E-state index contributed by atoms with van der Waals surface area (Å²) in [5.74, 6) is 0.202. The van der Waals surface area contributed by atoms with Gasteiger partial charge in [-0.2, -0.15) is 14.9 Å². The van der Waals surface area contributed by atoms with E-state index in [9.17, 15) is 14.9 Å².